The number of rotatable bonds is 4. The molecule has 0 aromatic heterocycles. The Kier molecular flexibility index (Phi) is 4.55. The molecule has 1 amide bonds. The Morgan fingerprint density at radius 1 is 1.24 bits per heavy atom. The van der Waals surface area contributed by atoms with Gasteiger partial charge in [0.15, 0.2) is 0 Å². The number of hydrogen-bond donors (Lipinski definition) is 2. The summed E-state index contributed by atoms with van der Waals surface area (Å²) in [5.41, 5.74) is 7.64. The van der Waals surface area contributed by atoms with E-state index in [-0.39, 0.29) is 17.2 Å². The molecule has 0 heterocycles. The normalized spacial score (nSPS) is 10.4. The van der Waals surface area contributed by atoms with Crippen molar-refractivity contribution >= 4 is 5.91 Å². The fourth-order valence-corrected chi connectivity index (χ4v) is 2.13. The maximum absolute atomic E-state index is 13.0. The van der Waals surface area contributed by atoms with Crippen molar-refractivity contribution < 1.29 is 14.3 Å². The Morgan fingerprint density at radius 3 is 2.52 bits per heavy atom. The molecule has 3 N–H and O–H groups in total. The van der Waals surface area contributed by atoms with Gasteiger partial charge in [0.05, 0.1) is 5.56 Å². The van der Waals surface area contributed by atoms with Gasteiger partial charge in [0.25, 0.3) is 5.91 Å². The highest BCUT2D eigenvalue weighted by atomic mass is 19.1. The second-order valence-electron chi connectivity index (χ2n) is 4.80. The molecule has 0 atom stereocenters. The van der Waals surface area contributed by atoms with Gasteiger partial charge in [0.1, 0.15) is 11.6 Å². The van der Waals surface area contributed by atoms with Crippen LogP contribution in [0, 0.1) is 5.82 Å². The number of nitrogens with zero attached hydrogens (tertiary/aromatic N) is 1. The van der Waals surface area contributed by atoms with Crippen LogP contribution in [0.25, 0.3) is 0 Å². The van der Waals surface area contributed by atoms with Gasteiger partial charge >= 0.3 is 0 Å². The first-order valence-corrected chi connectivity index (χ1v) is 6.53. The number of amides is 1. The topological polar surface area (TPSA) is 66.6 Å². The molecule has 0 bridgehead atoms. The van der Waals surface area contributed by atoms with Crippen molar-refractivity contribution in [3.63, 3.8) is 0 Å². The lowest BCUT2D eigenvalue weighted by Crippen LogP contribution is -2.27. The zero-order valence-corrected chi connectivity index (χ0v) is 11.7. The quantitative estimate of drug-likeness (QED) is 0.907. The third-order valence-corrected chi connectivity index (χ3v) is 3.28. The van der Waals surface area contributed by atoms with Crippen LogP contribution >= 0.6 is 0 Å². The predicted octanol–water partition coefficient (Wildman–Crippen LogP) is 2.26. The van der Waals surface area contributed by atoms with Gasteiger partial charge in [-0.2, -0.15) is 0 Å². The van der Waals surface area contributed by atoms with E-state index in [0.717, 1.165) is 23.3 Å². The minimum atomic E-state index is -0.583. The molecule has 0 spiro atoms. The second-order valence-corrected chi connectivity index (χ2v) is 4.80. The molecule has 0 radical (unpaired) electrons. The molecule has 2 aromatic rings. The Labute approximate surface area is 122 Å². The Bertz CT molecular complexity index is 658. The fourth-order valence-electron chi connectivity index (χ4n) is 2.13. The third kappa shape index (κ3) is 3.38. The first-order chi connectivity index (χ1) is 10.0. The van der Waals surface area contributed by atoms with Crippen LogP contribution in [0.5, 0.6) is 5.75 Å². The third-order valence-electron chi connectivity index (χ3n) is 3.28. The summed E-state index contributed by atoms with van der Waals surface area (Å²) >= 11 is 0. The molecule has 0 unspecified atom stereocenters. The lowest BCUT2D eigenvalue weighted by Gasteiger charge is -2.19. The summed E-state index contributed by atoms with van der Waals surface area (Å²) in [6.07, 6.45) is 0. The molecule has 0 aliphatic rings. The van der Waals surface area contributed by atoms with Crippen molar-refractivity contribution in [2.45, 2.75) is 13.1 Å². The number of benzene rings is 2. The summed E-state index contributed by atoms with van der Waals surface area (Å²) in [6.45, 7) is 0.753. The predicted molar refractivity (Wildman–Crippen MR) is 78.2 cm³/mol. The van der Waals surface area contributed by atoms with E-state index in [1.165, 1.54) is 11.0 Å². The van der Waals surface area contributed by atoms with Crippen LogP contribution in [0.3, 0.4) is 0 Å². The number of carbonyl (C=O) groups is 1. The summed E-state index contributed by atoms with van der Waals surface area (Å²) in [5.74, 6) is -1.32. The van der Waals surface area contributed by atoms with Crippen molar-refractivity contribution in [1.29, 1.82) is 0 Å². The van der Waals surface area contributed by atoms with Gasteiger partial charge in [0, 0.05) is 26.2 Å². The molecule has 0 aliphatic heterocycles. The zero-order valence-electron chi connectivity index (χ0n) is 11.7. The van der Waals surface area contributed by atoms with Crippen LogP contribution in [0.4, 0.5) is 4.39 Å². The first kappa shape index (κ1) is 15.0. The van der Waals surface area contributed by atoms with Crippen LogP contribution < -0.4 is 5.73 Å². The molecule has 4 nitrogen and oxygen atoms in total. The van der Waals surface area contributed by atoms with E-state index >= 15 is 0 Å². The van der Waals surface area contributed by atoms with Gasteiger partial charge < -0.3 is 15.7 Å². The van der Waals surface area contributed by atoms with E-state index in [4.69, 9.17) is 5.73 Å². The first-order valence-electron chi connectivity index (χ1n) is 6.53. The summed E-state index contributed by atoms with van der Waals surface area (Å²) in [6, 6.07) is 10.9. The molecule has 2 aromatic carbocycles. The monoisotopic (exact) mass is 288 g/mol. The molecule has 2 rings (SSSR count). The number of hydrogen-bond acceptors (Lipinski definition) is 3. The molecule has 110 valence electrons. The van der Waals surface area contributed by atoms with Crippen LogP contribution in [0.15, 0.2) is 42.5 Å². The minimum Gasteiger partial charge on any atom is -0.507 e. The van der Waals surface area contributed by atoms with Crippen molar-refractivity contribution in [1.82, 2.24) is 4.90 Å². The van der Waals surface area contributed by atoms with Crippen molar-refractivity contribution in [3.8, 4) is 5.75 Å². The van der Waals surface area contributed by atoms with Crippen molar-refractivity contribution in [2.75, 3.05) is 7.05 Å². The number of phenols is 1. The van der Waals surface area contributed by atoms with E-state index in [9.17, 15) is 14.3 Å². The Hall–Kier alpha value is -2.40. The number of nitrogens with two attached hydrogens (primary N) is 1. The van der Waals surface area contributed by atoms with E-state index in [0.29, 0.717) is 13.1 Å². The maximum Gasteiger partial charge on any atom is 0.257 e. The van der Waals surface area contributed by atoms with Crippen LogP contribution in [-0.4, -0.2) is 23.0 Å². The smallest absolute Gasteiger partial charge is 0.257 e. The molecule has 0 aliphatic carbocycles. The highest BCUT2D eigenvalue weighted by Crippen LogP contribution is 2.20. The van der Waals surface area contributed by atoms with Gasteiger partial charge in [-0.15, -0.1) is 0 Å². The van der Waals surface area contributed by atoms with E-state index in [1.54, 1.807) is 7.05 Å². The number of phenolic OH excluding ortho intramolecular Hbond substituents is 1. The minimum absolute atomic E-state index is 0.0733. The number of halogens is 1. The molecule has 5 heteroatoms. The van der Waals surface area contributed by atoms with E-state index < -0.39 is 5.82 Å². The summed E-state index contributed by atoms with van der Waals surface area (Å²) in [5, 5.41) is 9.67. The number of carbonyl (C=O) groups excluding carboxylic acids is 1. The Balaban J connectivity index is 2.19. The average molecular weight is 288 g/mol. The average Bonchev–Trinajstić information content (AvgIpc) is 2.47. The summed E-state index contributed by atoms with van der Waals surface area (Å²) < 4.78 is 13.0. The van der Waals surface area contributed by atoms with Crippen molar-refractivity contribution in [2.24, 2.45) is 5.73 Å². The molecule has 0 saturated heterocycles. The fraction of sp³-hybridized carbons (Fsp3) is 0.188. The van der Waals surface area contributed by atoms with Gasteiger partial charge in [-0.05, 0) is 23.3 Å². The lowest BCUT2D eigenvalue weighted by atomic mass is 10.1. The second kappa shape index (κ2) is 6.37. The van der Waals surface area contributed by atoms with Crippen LogP contribution in [-0.2, 0) is 13.1 Å². The van der Waals surface area contributed by atoms with Gasteiger partial charge in [-0.1, -0.05) is 24.3 Å². The molecular weight excluding hydrogens is 271 g/mol. The molecule has 0 saturated carbocycles. The lowest BCUT2D eigenvalue weighted by molar-refractivity contribution is 0.0781. The zero-order chi connectivity index (χ0) is 15.4. The molecule has 0 fully saturated rings. The van der Waals surface area contributed by atoms with Gasteiger partial charge in [0.2, 0.25) is 0 Å². The molecular formula is C16H17FN2O2. The summed E-state index contributed by atoms with van der Waals surface area (Å²) in [4.78, 5) is 13.8. The van der Waals surface area contributed by atoms with Crippen LogP contribution in [0.2, 0.25) is 0 Å². The van der Waals surface area contributed by atoms with Gasteiger partial charge in [-0.3, -0.25) is 4.79 Å². The van der Waals surface area contributed by atoms with E-state index in [2.05, 4.69) is 0 Å². The molecule has 21 heavy (non-hydrogen) atoms. The SMILES string of the molecule is CN(Cc1ccccc1CN)C(=O)c1ccc(F)cc1O. The van der Waals surface area contributed by atoms with E-state index in [1.807, 2.05) is 24.3 Å². The van der Waals surface area contributed by atoms with Gasteiger partial charge in [-0.25, -0.2) is 4.39 Å². The highest BCUT2D eigenvalue weighted by Gasteiger charge is 2.17. The largest absolute Gasteiger partial charge is 0.507 e. The van der Waals surface area contributed by atoms with Crippen LogP contribution in [0.1, 0.15) is 21.5 Å². The standard InChI is InChI=1S/C16H17FN2O2/c1-19(10-12-5-3-2-4-11(12)9-18)16(21)14-7-6-13(17)8-15(14)20/h2-8,20H,9-10,18H2,1H3. The summed E-state index contributed by atoms with van der Waals surface area (Å²) in [7, 11) is 1.62. The van der Waals surface area contributed by atoms with Crippen molar-refractivity contribution in [3.05, 3.63) is 65.0 Å². The maximum atomic E-state index is 13.0. The highest BCUT2D eigenvalue weighted by molar-refractivity contribution is 5.96. The Morgan fingerprint density at radius 2 is 1.90 bits per heavy atom. The number of aromatic hydroxyl groups is 1.